The van der Waals surface area contributed by atoms with Crippen LogP contribution in [0.4, 0.5) is 0 Å². The summed E-state index contributed by atoms with van der Waals surface area (Å²) < 4.78 is 44.4. The molecule has 0 aliphatic heterocycles. The fourth-order valence-electron chi connectivity index (χ4n) is 3.51. The molecule has 0 spiro atoms. The molecule has 0 aliphatic carbocycles. The van der Waals surface area contributed by atoms with Gasteiger partial charge in [0.05, 0.1) is 38.4 Å². The van der Waals surface area contributed by atoms with E-state index < -0.39 is 10.1 Å². The van der Waals surface area contributed by atoms with Gasteiger partial charge in [0.25, 0.3) is 10.1 Å². The van der Waals surface area contributed by atoms with Crippen LogP contribution < -0.4 is 18.8 Å². The number of aromatic nitrogens is 1. The lowest BCUT2D eigenvalue weighted by molar-refractivity contribution is -0.642. The second-order valence-electron chi connectivity index (χ2n) is 6.82. The van der Waals surface area contributed by atoms with Crippen molar-refractivity contribution in [2.45, 2.75) is 0 Å². The number of pyridine rings is 1. The molecule has 0 amide bonds. The Labute approximate surface area is 175 Å². The van der Waals surface area contributed by atoms with E-state index in [9.17, 15) is 8.42 Å². The zero-order chi connectivity index (χ0) is 22.1. The minimum atomic E-state index is -3.67. The van der Waals surface area contributed by atoms with E-state index in [2.05, 4.69) is 42.1 Å². The van der Waals surface area contributed by atoms with Crippen LogP contribution in [0.25, 0.3) is 32.4 Å². The van der Waals surface area contributed by atoms with Gasteiger partial charge in [0.2, 0.25) is 5.52 Å². The van der Waals surface area contributed by atoms with Crippen molar-refractivity contribution in [2.24, 2.45) is 7.05 Å². The number of ether oxygens (including phenoxy) is 3. The SMILES string of the molecule is COc1ccc2c[n+](C)c3c4cc(OC)c(OC)cc4ccc3c2c1.CS(=O)(=O)O. The molecule has 0 aliphatic rings. The molecule has 4 rings (SSSR count). The molecule has 0 atom stereocenters. The number of hydrogen-bond donors (Lipinski definition) is 1. The van der Waals surface area contributed by atoms with Gasteiger partial charge in [-0.3, -0.25) is 4.55 Å². The van der Waals surface area contributed by atoms with Gasteiger partial charge in [-0.2, -0.15) is 13.0 Å². The number of rotatable bonds is 3. The lowest BCUT2D eigenvalue weighted by Crippen LogP contribution is -2.28. The Kier molecular flexibility index (Phi) is 6.00. The predicted octanol–water partition coefficient (Wildman–Crippen LogP) is 3.50. The molecule has 4 aromatic rings. The first-order chi connectivity index (χ1) is 14.2. The van der Waals surface area contributed by atoms with Gasteiger partial charge in [0, 0.05) is 10.8 Å². The molecule has 0 bridgehead atoms. The van der Waals surface area contributed by atoms with Crippen LogP contribution in [-0.4, -0.2) is 40.6 Å². The van der Waals surface area contributed by atoms with Crippen LogP contribution in [0.3, 0.4) is 0 Å². The first-order valence-corrected chi connectivity index (χ1v) is 10.9. The Morgan fingerprint density at radius 2 is 1.40 bits per heavy atom. The summed E-state index contributed by atoms with van der Waals surface area (Å²) >= 11 is 0. The van der Waals surface area contributed by atoms with Gasteiger partial charge in [-0.25, -0.2) is 0 Å². The quantitative estimate of drug-likeness (QED) is 0.304. The molecular weight excluding hydrogens is 406 g/mol. The average molecular weight is 431 g/mol. The summed E-state index contributed by atoms with van der Waals surface area (Å²) in [7, 11) is 3.42. The van der Waals surface area contributed by atoms with Crippen LogP contribution in [0.15, 0.2) is 48.7 Å². The highest BCUT2D eigenvalue weighted by molar-refractivity contribution is 7.85. The predicted molar refractivity (Wildman–Crippen MR) is 117 cm³/mol. The fourth-order valence-corrected chi connectivity index (χ4v) is 3.51. The Morgan fingerprint density at radius 3 is 2.00 bits per heavy atom. The minimum absolute atomic E-state index is 0.715. The molecule has 1 heterocycles. The standard InChI is InChI=1S/C21H20NO3.CH4O3S/c1-22-12-14-5-7-15(23-2)10-17(14)16-8-6-13-9-19(24-3)20(25-4)11-18(13)21(16)22;1-5(2,3)4/h5-12H,1-4H3;1H3,(H,2,3,4)/q+1;. The van der Waals surface area contributed by atoms with Gasteiger partial charge in [-0.05, 0) is 41.8 Å². The van der Waals surface area contributed by atoms with Gasteiger partial charge >= 0.3 is 0 Å². The largest absolute Gasteiger partial charge is 0.497 e. The lowest BCUT2D eigenvalue weighted by Gasteiger charge is -2.11. The summed E-state index contributed by atoms with van der Waals surface area (Å²) in [5.41, 5.74) is 1.15. The maximum Gasteiger partial charge on any atom is 0.261 e. The molecule has 0 unspecified atom stereocenters. The number of benzene rings is 3. The monoisotopic (exact) mass is 430 g/mol. The molecule has 0 fully saturated rings. The van der Waals surface area contributed by atoms with Crippen molar-refractivity contribution in [3.63, 3.8) is 0 Å². The Bertz CT molecular complexity index is 1340. The number of aryl methyl sites for hydroxylation is 1. The van der Waals surface area contributed by atoms with E-state index in [0.29, 0.717) is 6.26 Å². The highest BCUT2D eigenvalue weighted by Gasteiger charge is 2.17. The molecule has 0 radical (unpaired) electrons. The smallest absolute Gasteiger partial charge is 0.261 e. The topological polar surface area (TPSA) is 85.9 Å². The molecule has 158 valence electrons. The third-order valence-electron chi connectivity index (χ3n) is 4.73. The zero-order valence-electron chi connectivity index (χ0n) is 17.5. The molecule has 1 N–H and O–H groups in total. The van der Waals surface area contributed by atoms with Crippen molar-refractivity contribution < 1.29 is 31.7 Å². The summed E-state index contributed by atoms with van der Waals surface area (Å²) in [5.74, 6) is 2.32. The normalized spacial score (nSPS) is 11.3. The van der Waals surface area contributed by atoms with E-state index in [-0.39, 0.29) is 0 Å². The second-order valence-corrected chi connectivity index (χ2v) is 8.28. The molecule has 1 aromatic heterocycles. The van der Waals surface area contributed by atoms with Crippen molar-refractivity contribution in [3.8, 4) is 17.2 Å². The summed E-state index contributed by atoms with van der Waals surface area (Å²) in [4.78, 5) is 0. The third kappa shape index (κ3) is 4.39. The van der Waals surface area contributed by atoms with E-state index >= 15 is 0 Å². The van der Waals surface area contributed by atoms with E-state index in [1.807, 2.05) is 18.2 Å². The van der Waals surface area contributed by atoms with Crippen molar-refractivity contribution in [1.29, 1.82) is 0 Å². The van der Waals surface area contributed by atoms with Gasteiger partial charge < -0.3 is 14.2 Å². The fraction of sp³-hybridized carbons (Fsp3) is 0.227. The zero-order valence-corrected chi connectivity index (χ0v) is 18.3. The first-order valence-electron chi connectivity index (χ1n) is 9.03. The summed E-state index contributed by atoms with van der Waals surface area (Å²) in [6, 6.07) is 14.5. The Hall–Kier alpha value is -3.10. The van der Waals surface area contributed by atoms with Crippen LogP contribution in [0.2, 0.25) is 0 Å². The maximum absolute atomic E-state index is 9.19. The summed E-state index contributed by atoms with van der Waals surface area (Å²) in [5, 5.41) is 5.77. The molecule has 7 nitrogen and oxygen atoms in total. The lowest BCUT2D eigenvalue weighted by atomic mass is 10.0. The molecule has 8 heteroatoms. The number of nitrogens with zero attached hydrogens (tertiary/aromatic N) is 1. The average Bonchev–Trinajstić information content (AvgIpc) is 2.70. The maximum atomic E-state index is 9.19. The van der Waals surface area contributed by atoms with Crippen LogP contribution in [-0.2, 0) is 17.2 Å². The van der Waals surface area contributed by atoms with Crippen LogP contribution >= 0.6 is 0 Å². The first kappa shape index (κ1) is 21.6. The van der Waals surface area contributed by atoms with Gasteiger partial charge in [0.15, 0.2) is 17.7 Å². The summed E-state index contributed by atoms with van der Waals surface area (Å²) in [6.45, 7) is 0. The van der Waals surface area contributed by atoms with E-state index in [0.717, 1.165) is 33.5 Å². The molecule has 30 heavy (non-hydrogen) atoms. The molecule has 0 saturated heterocycles. The van der Waals surface area contributed by atoms with Crippen LogP contribution in [0.5, 0.6) is 17.2 Å². The Morgan fingerprint density at radius 1 is 0.800 bits per heavy atom. The molecule has 0 saturated carbocycles. The number of fused-ring (bicyclic) bond motifs is 5. The van der Waals surface area contributed by atoms with Gasteiger partial charge in [-0.15, -0.1) is 0 Å². The Balaban J connectivity index is 0.000000461. The van der Waals surface area contributed by atoms with E-state index in [4.69, 9.17) is 18.8 Å². The highest BCUT2D eigenvalue weighted by atomic mass is 32.2. The van der Waals surface area contributed by atoms with E-state index in [1.165, 1.54) is 16.2 Å². The second kappa shape index (κ2) is 8.33. The van der Waals surface area contributed by atoms with Gasteiger partial charge in [-0.1, -0.05) is 6.07 Å². The minimum Gasteiger partial charge on any atom is -0.497 e. The van der Waals surface area contributed by atoms with E-state index in [1.54, 1.807) is 21.3 Å². The number of methoxy groups -OCH3 is 3. The summed E-state index contributed by atoms with van der Waals surface area (Å²) in [6.07, 6.45) is 2.86. The van der Waals surface area contributed by atoms with Crippen molar-refractivity contribution >= 4 is 42.6 Å². The highest BCUT2D eigenvalue weighted by Crippen LogP contribution is 2.36. The third-order valence-corrected chi connectivity index (χ3v) is 4.73. The van der Waals surface area contributed by atoms with Crippen molar-refractivity contribution in [2.75, 3.05) is 27.6 Å². The number of hydrogen-bond acceptors (Lipinski definition) is 5. The van der Waals surface area contributed by atoms with Crippen molar-refractivity contribution in [3.05, 3.63) is 48.7 Å². The van der Waals surface area contributed by atoms with Crippen molar-refractivity contribution in [1.82, 2.24) is 0 Å². The van der Waals surface area contributed by atoms with Gasteiger partial charge in [0.1, 0.15) is 12.8 Å². The molecular formula is C22H24NO6S+. The molecule has 3 aromatic carbocycles. The van der Waals surface area contributed by atoms with Crippen LogP contribution in [0, 0.1) is 0 Å². The van der Waals surface area contributed by atoms with Crippen LogP contribution in [0.1, 0.15) is 0 Å².